The van der Waals surface area contributed by atoms with E-state index < -0.39 is 10.0 Å². The lowest BCUT2D eigenvalue weighted by atomic mass is 9.73. The molecule has 4 nitrogen and oxygen atoms in total. The van der Waals surface area contributed by atoms with Crippen molar-refractivity contribution in [2.45, 2.75) is 31.2 Å². The molecule has 0 aliphatic carbocycles. The number of para-hydroxylation sites is 1. The van der Waals surface area contributed by atoms with E-state index in [9.17, 15) is 8.42 Å². The minimum Gasteiger partial charge on any atom is -0.377 e. The number of sulfonamides is 1. The first-order chi connectivity index (χ1) is 11.2. The van der Waals surface area contributed by atoms with E-state index in [1.54, 1.807) is 26.2 Å². The average Bonchev–Trinajstić information content (AvgIpc) is 2.53. The van der Waals surface area contributed by atoms with Gasteiger partial charge in [0.15, 0.2) is 0 Å². The van der Waals surface area contributed by atoms with Crippen molar-refractivity contribution >= 4 is 15.7 Å². The van der Waals surface area contributed by atoms with Crippen molar-refractivity contribution in [1.29, 1.82) is 0 Å². The summed E-state index contributed by atoms with van der Waals surface area (Å²) < 4.78 is 26.1. The summed E-state index contributed by atoms with van der Waals surface area (Å²) in [5.74, 6) is 0. The summed E-state index contributed by atoms with van der Waals surface area (Å²) in [6, 6.07) is 15.6. The summed E-state index contributed by atoms with van der Waals surface area (Å²) in [5, 5.41) is 3.60. The zero-order chi connectivity index (χ0) is 17.5. The minimum atomic E-state index is -3.43. The number of hydrogen-bond donors (Lipinski definition) is 1. The first-order valence-corrected chi connectivity index (χ1v) is 9.53. The smallest absolute Gasteiger partial charge is 0.242 e. The van der Waals surface area contributed by atoms with E-state index in [2.05, 4.69) is 37.4 Å². The summed E-state index contributed by atoms with van der Waals surface area (Å²) in [4.78, 5) is 0.335. The second-order valence-electron chi connectivity index (χ2n) is 7.26. The van der Waals surface area contributed by atoms with Gasteiger partial charge in [0.05, 0.1) is 10.9 Å². The van der Waals surface area contributed by atoms with Gasteiger partial charge in [0.1, 0.15) is 0 Å². The molecular formula is C19H24N2O2S. The molecule has 1 heterocycles. The third kappa shape index (κ3) is 2.94. The Morgan fingerprint density at radius 3 is 2.50 bits per heavy atom. The van der Waals surface area contributed by atoms with E-state index >= 15 is 0 Å². The van der Waals surface area contributed by atoms with Crippen LogP contribution in [0.15, 0.2) is 53.4 Å². The Morgan fingerprint density at radius 2 is 1.79 bits per heavy atom. The van der Waals surface area contributed by atoms with Crippen molar-refractivity contribution in [1.82, 2.24) is 4.31 Å². The molecule has 0 fully saturated rings. The Labute approximate surface area is 144 Å². The molecule has 2 aromatic rings. The van der Waals surface area contributed by atoms with Crippen molar-refractivity contribution in [3.05, 3.63) is 59.7 Å². The molecule has 2 aromatic carbocycles. The Morgan fingerprint density at radius 1 is 1.08 bits per heavy atom. The highest BCUT2D eigenvalue weighted by Crippen LogP contribution is 2.44. The fraction of sp³-hybridized carbons (Fsp3) is 0.368. The lowest BCUT2D eigenvalue weighted by molar-refractivity contribution is 0.295. The topological polar surface area (TPSA) is 49.4 Å². The quantitative estimate of drug-likeness (QED) is 0.924. The van der Waals surface area contributed by atoms with Crippen LogP contribution in [0, 0.1) is 5.41 Å². The fourth-order valence-electron chi connectivity index (χ4n) is 3.36. The zero-order valence-electron chi connectivity index (χ0n) is 14.6. The Kier molecular flexibility index (Phi) is 4.18. The Hall–Kier alpha value is -1.85. The van der Waals surface area contributed by atoms with Gasteiger partial charge in [0, 0.05) is 19.8 Å². The number of nitrogens with zero attached hydrogens (tertiary/aromatic N) is 1. The summed E-state index contributed by atoms with van der Waals surface area (Å²) >= 11 is 0. The van der Waals surface area contributed by atoms with Crippen LogP contribution >= 0.6 is 0 Å². The largest absolute Gasteiger partial charge is 0.377 e. The van der Waals surface area contributed by atoms with Crippen LogP contribution in [-0.4, -0.2) is 26.8 Å². The normalized spacial score (nSPS) is 19.6. The highest BCUT2D eigenvalue weighted by atomic mass is 32.2. The van der Waals surface area contributed by atoms with Crippen LogP contribution in [0.3, 0.4) is 0 Å². The Balaban J connectivity index is 2.03. The molecule has 5 heteroatoms. The number of nitrogens with one attached hydrogen (secondary N) is 1. The number of rotatable bonds is 3. The van der Waals surface area contributed by atoms with E-state index in [0.29, 0.717) is 4.90 Å². The molecule has 128 valence electrons. The van der Waals surface area contributed by atoms with Gasteiger partial charge in [-0.2, -0.15) is 0 Å². The Bertz CT molecular complexity index is 857. The highest BCUT2D eigenvalue weighted by molar-refractivity contribution is 7.89. The lowest BCUT2D eigenvalue weighted by Gasteiger charge is -2.41. The molecule has 3 rings (SSSR count). The zero-order valence-corrected chi connectivity index (χ0v) is 15.4. The average molecular weight is 344 g/mol. The molecular weight excluding hydrogens is 320 g/mol. The lowest BCUT2D eigenvalue weighted by Crippen LogP contribution is -2.35. The molecule has 0 radical (unpaired) electrons. The number of hydrogen-bond acceptors (Lipinski definition) is 3. The van der Waals surface area contributed by atoms with Gasteiger partial charge >= 0.3 is 0 Å². The van der Waals surface area contributed by atoms with Gasteiger partial charge in [-0.25, -0.2) is 12.7 Å². The maximum absolute atomic E-state index is 12.4. The second kappa shape index (κ2) is 5.90. The van der Waals surface area contributed by atoms with Crippen LogP contribution in [-0.2, 0) is 16.4 Å². The molecule has 24 heavy (non-hydrogen) atoms. The molecule has 1 unspecified atom stereocenters. The van der Waals surface area contributed by atoms with Crippen LogP contribution in [0.2, 0.25) is 0 Å². The van der Waals surface area contributed by atoms with Crippen molar-refractivity contribution in [2.24, 2.45) is 5.41 Å². The molecule has 1 atom stereocenters. The third-order valence-corrected chi connectivity index (χ3v) is 6.53. The van der Waals surface area contributed by atoms with Crippen LogP contribution < -0.4 is 5.32 Å². The van der Waals surface area contributed by atoms with Crippen LogP contribution in [0.25, 0.3) is 0 Å². The van der Waals surface area contributed by atoms with E-state index in [1.807, 2.05) is 18.2 Å². The van der Waals surface area contributed by atoms with E-state index in [4.69, 9.17) is 0 Å². The summed E-state index contributed by atoms with van der Waals surface area (Å²) in [6.07, 6.45) is 0.950. The molecule has 1 aliphatic rings. The maximum Gasteiger partial charge on any atom is 0.242 e. The first kappa shape index (κ1) is 17.0. The van der Waals surface area contributed by atoms with Crippen LogP contribution in [0.4, 0.5) is 5.69 Å². The molecule has 0 saturated carbocycles. The molecule has 0 spiro atoms. The summed E-state index contributed by atoms with van der Waals surface area (Å²) in [7, 11) is -0.317. The predicted octanol–water partition coefficient (Wildman–Crippen LogP) is 3.67. The van der Waals surface area contributed by atoms with Crippen molar-refractivity contribution in [2.75, 3.05) is 19.4 Å². The fourth-order valence-corrected chi connectivity index (χ4v) is 4.32. The van der Waals surface area contributed by atoms with Crippen LogP contribution in [0.1, 0.15) is 31.0 Å². The highest BCUT2D eigenvalue weighted by Gasteiger charge is 2.36. The van der Waals surface area contributed by atoms with Crippen molar-refractivity contribution in [3.63, 3.8) is 0 Å². The van der Waals surface area contributed by atoms with Gasteiger partial charge in [-0.15, -0.1) is 0 Å². The minimum absolute atomic E-state index is 0.0190. The molecule has 1 aliphatic heterocycles. The second-order valence-corrected chi connectivity index (χ2v) is 9.41. The molecule has 0 aromatic heterocycles. The molecule has 1 N–H and O–H groups in total. The molecule has 0 amide bonds. The number of anilines is 1. The van der Waals surface area contributed by atoms with Gasteiger partial charge in [-0.3, -0.25) is 0 Å². The van der Waals surface area contributed by atoms with Crippen molar-refractivity contribution in [3.8, 4) is 0 Å². The van der Waals surface area contributed by atoms with E-state index in [-0.39, 0.29) is 11.5 Å². The number of benzene rings is 2. The first-order valence-electron chi connectivity index (χ1n) is 8.09. The van der Waals surface area contributed by atoms with Gasteiger partial charge in [-0.1, -0.05) is 44.2 Å². The standard InChI is InChI=1S/C19H24N2O2S/c1-19(2)13-15-8-5-6-11-17(15)20-18(19)14-9-7-10-16(12-14)24(22,23)21(3)4/h5-12,18,20H,13H2,1-4H3. The van der Waals surface area contributed by atoms with E-state index in [1.165, 1.54) is 9.87 Å². The summed E-state index contributed by atoms with van der Waals surface area (Å²) in [5.41, 5.74) is 3.41. The van der Waals surface area contributed by atoms with Crippen LogP contribution in [0.5, 0.6) is 0 Å². The number of fused-ring (bicyclic) bond motifs is 1. The predicted molar refractivity (Wildman–Crippen MR) is 97.6 cm³/mol. The monoisotopic (exact) mass is 344 g/mol. The maximum atomic E-state index is 12.4. The van der Waals surface area contributed by atoms with Gasteiger partial charge in [0.2, 0.25) is 10.0 Å². The van der Waals surface area contributed by atoms with Gasteiger partial charge in [0.25, 0.3) is 0 Å². The summed E-state index contributed by atoms with van der Waals surface area (Å²) in [6.45, 7) is 4.43. The third-order valence-electron chi connectivity index (χ3n) is 4.71. The SMILES string of the molecule is CN(C)S(=O)(=O)c1cccc(C2Nc3ccccc3CC2(C)C)c1. The van der Waals surface area contributed by atoms with E-state index in [0.717, 1.165) is 17.7 Å². The molecule has 0 saturated heterocycles. The van der Waals surface area contributed by atoms with Gasteiger partial charge < -0.3 is 5.32 Å². The van der Waals surface area contributed by atoms with Crippen molar-refractivity contribution < 1.29 is 8.42 Å². The molecule has 0 bridgehead atoms. The van der Waals surface area contributed by atoms with Gasteiger partial charge in [-0.05, 0) is 41.2 Å².